The summed E-state index contributed by atoms with van der Waals surface area (Å²) in [7, 11) is 0. The molecule has 35 heavy (non-hydrogen) atoms. The van der Waals surface area contributed by atoms with Crippen LogP contribution in [0.3, 0.4) is 0 Å². The van der Waals surface area contributed by atoms with Crippen molar-refractivity contribution >= 4 is 23.8 Å². The van der Waals surface area contributed by atoms with Crippen LogP contribution in [0.1, 0.15) is 46.1 Å². The van der Waals surface area contributed by atoms with E-state index >= 15 is 0 Å². The summed E-state index contributed by atoms with van der Waals surface area (Å²) >= 11 is 0. The molecule has 2 aliphatic rings. The Hall–Kier alpha value is -2.98. The number of cyclic esters (lactones) is 1. The van der Waals surface area contributed by atoms with E-state index in [4.69, 9.17) is 14.2 Å². The lowest BCUT2D eigenvalue weighted by molar-refractivity contribution is -0.164. The Bertz CT molecular complexity index is 915. The third kappa shape index (κ3) is 7.02. The van der Waals surface area contributed by atoms with Crippen LogP contribution < -0.4 is 16.0 Å². The van der Waals surface area contributed by atoms with Crippen molar-refractivity contribution in [3.8, 4) is 0 Å². The molecule has 2 saturated heterocycles. The predicted molar refractivity (Wildman–Crippen MR) is 126 cm³/mol. The smallest absolute Gasteiger partial charge is 0.408 e. The molecule has 0 radical (unpaired) electrons. The highest BCUT2D eigenvalue weighted by Crippen LogP contribution is 2.27. The van der Waals surface area contributed by atoms with Gasteiger partial charge in [-0.2, -0.15) is 0 Å². The fourth-order valence-electron chi connectivity index (χ4n) is 4.32. The van der Waals surface area contributed by atoms with Gasteiger partial charge in [-0.3, -0.25) is 14.4 Å². The Morgan fingerprint density at radius 1 is 1.20 bits per heavy atom. The lowest BCUT2D eigenvalue weighted by Gasteiger charge is -2.33. The largest absolute Gasteiger partial charge is 0.445 e. The molecule has 10 nitrogen and oxygen atoms in total. The lowest BCUT2D eigenvalue weighted by atomic mass is 9.80. The highest BCUT2D eigenvalue weighted by Gasteiger charge is 2.46. The molecule has 0 bridgehead atoms. The van der Waals surface area contributed by atoms with E-state index in [0.717, 1.165) is 5.56 Å². The first-order valence-corrected chi connectivity index (χ1v) is 12.0. The van der Waals surface area contributed by atoms with Crippen molar-refractivity contribution in [1.82, 2.24) is 16.0 Å². The molecular formula is C25H35N3O7. The van der Waals surface area contributed by atoms with Crippen LogP contribution in [-0.4, -0.2) is 61.3 Å². The molecule has 1 aromatic carbocycles. The van der Waals surface area contributed by atoms with Gasteiger partial charge in [-0.25, -0.2) is 4.79 Å². The number of rotatable bonds is 9. The molecular weight excluding hydrogens is 454 g/mol. The summed E-state index contributed by atoms with van der Waals surface area (Å²) in [6.45, 7) is 8.16. The number of carbonyl (C=O) groups is 4. The molecule has 3 rings (SSSR count). The van der Waals surface area contributed by atoms with E-state index in [-0.39, 0.29) is 24.7 Å². The van der Waals surface area contributed by atoms with Gasteiger partial charge in [0.05, 0.1) is 24.4 Å². The summed E-state index contributed by atoms with van der Waals surface area (Å²) in [5.41, 5.74) is 0.204. The zero-order chi connectivity index (χ0) is 25.6. The van der Waals surface area contributed by atoms with Gasteiger partial charge >= 0.3 is 12.1 Å². The maximum Gasteiger partial charge on any atom is 0.408 e. The van der Waals surface area contributed by atoms with E-state index < -0.39 is 47.8 Å². The average Bonchev–Trinajstić information content (AvgIpc) is 3.42. The maximum atomic E-state index is 13.6. The summed E-state index contributed by atoms with van der Waals surface area (Å²) in [6, 6.07) is 6.94. The Balaban J connectivity index is 1.64. The van der Waals surface area contributed by atoms with Crippen LogP contribution in [0.15, 0.2) is 30.3 Å². The standard InChI is InChI=1S/C25H35N3O7/c1-5-33-23-17(13-18(29)35-23)27-22(31)16-11-12-26-19(16)20(30)21(25(2,3)4)28-24(32)34-14-15-9-7-6-8-10-15/h6-10,16-17,19,21,23,26H,5,11-14H2,1-4H3,(H,27,31)(H,28,32). The van der Waals surface area contributed by atoms with Crippen LogP contribution in [0.2, 0.25) is 0 Å². The predicted octanol–water partition coefficient (Wildman–Crippen LogP) is 1.67. The van der Waals surface area contributed by atoms with Gasteiger partial charge in [0.15, 0.2) is 5.78 Å². The zero-order valence-corrected chi connectivity index (χ0v) is 20.7. The monoisotopic (exact) mass is 489 g/mol. The molecule has 0 aromatic heterocycles. The number of ether oxygens (including phenoxy) is 3. The molecule has 2 aliphatic heterocycles. The number of nitrogens with one attached hydrogen (secondary N) is 3. The lowest BCUT2D eigenvalue weighted by Crippen LogP contribution is -2.57. The van der Waals surface area contributed by atoms with Crippen LogP contribution in [0.5, 0.6) is 0 Å². The summed E-state index contributed by atoms with van der Waals surface area (Å²) in [6.07, 6.45) is -1.10. The summed E-state index contributed by atoms with van der Waals surface area (Å²) in [5, 5.41) is 8.62. The summed E-state index contributed by atoms with van der Waals surface area (Å²) < 4.78 is 15.8. The molecule has 1 aromatic rings. The van der Waals surface area contributed by atoms with Crippen molar-refractivity contribution in [2.75, 3.05) is 13.2 Å². The molecule has 5 unspecified atom stereocenters. The second kappa shape index (κ2) is 11.6. The van der Waals surface area contributed by atoms with Gasteiger partial charge in [-0.1, -0.05) is 51.1 Å². The number of alkyl carbamates (subject to hydrolysis) is 1. The highest BCUT2D eigenvalue weighted by atomic mass is 16.7. The number of benzene rings is 1. The number of hydrogen-bond donors (Lipinski definition) is 3. The van der Waals surface area contributed by atoms with Crippen LogP contribution >= 0.6 is 0 Å². The van der Waals surface area contributed by atoms with E-state index in [1.807, 2.05) is 51.1 Å². The second-order valence-electron chi connectivity index (χ2n) is 9.87. The number of esters is 1. The van der Waals surface area contributed by atoms with Crippen LogP contribution in [-0.2, 0) is 35.2 Å². The number of hydrogen-bond acceptors (Lipinski definition) is 8. The molecule has 2 amide bonds. The molecule has 0 aliphatic carbocycles. The molecule has 192 valence electrons. The third-order valence-electron chi connectivity index (χ3n) is 6.11. The first-order chi connectivity index (χ1) is 16.6. The fourth-order valence-corrected chi connectivity index (χ4v) is 4.32. The summed E-state index contributed by atoms with van der Waals surface area (Å²) in [4.78, 5) is 50.9. The van der Waals surface area contributed by atoms with Gasteiger partial charge in [0, 0.05) is 6.61 Å². The van der Waals surface area contributed by atoms with Crippen LogP contribution in [0, 0.1) is 11.3 Å². The van der Waals surface area contributed by atoms with Gasteiger partial charge in [0.25, 0.3) is 0 Å². The normalized spacial score (nSPS) is 25.0. The Labute approximate surface area is 205 Å². The van der Waals surface area contributed by atoms with E-state index in [2.05, 4.69) is 16.0 Å². The summed E-state index contributed by atoms with van der Waals surface area (Å²) in [5.74, 6) is -1.77. The van der Waals surface area contributed by atoms with Crippen LogP contribution in [0.4, 0.5) is 4.79 Å². The number of Topliss-reactive ketones (excluding diaryl/α,β-unsaturated/α-hetero) is 1. The second-order valence-corrected chi connectivity index (χ2v) is 9.87. The van der Waals surface area contributed by atoms with E-state index in [1.54, 1.807) is 6.92 Å². The average molecular weight is 490 g/mol. The SMILES string of the molecule is CCOC1OC(=O)CC1NC(=O)C1CCNC1C(=O)C(NC(=O)OCc1ccccc1)C(C)(C)C. The van der Waals surface area contributed by atoms with Crippen molar-refractivity contribution in [1.29, 1.82) is 0 Å². The van der Waals surface area contributed by atoms with Gasteiger partial charge in [-0.05, 0) is 30.9 Å². The maximum absolute atomic E-state index is 13.6. The van der Waals surface area contributed by atoms with Crippen molar-refractivity contribution in [3.05, 3.63) is 35.9 Å². The quantitative estimate of drug-likeness (QED) is 0.447. The zero-order valence-electron chi connectivity index (χ0n) is 20.7. The minimum Gasteiger partial charge on any atom is -0.445 e. The first-order valence-electron chi connectivity index (χ1n) is 12.0. The van der Waals surface area contributed by atoms with E-state index in [1.165, 1.54) is 0 Å². The molecule has 2 heterocycles. The van der Waals surface area contributed by atoms with E-state index in [9.17, 15) is 19.2 Å². The Morgan fingerprint density at radius 2 is 1.91 bits per heavy atom. The van der Waals surface area contributed by atoms with Gasteiger partial charge in [0.1, 0.15) is 12.6 Å². The van der Waals surface area contributed by atoms with Crippen molar-refractivity contribution in [2.45, 2.75) is 71.6 Å². The number of ketones is 1. The molecule has 2 fully saturated rings. The Morgan fingerprint density at radius 3 is 2.57 bits per heavy atom. The fraction of sp³-hybridized carbons (Fsp3) is 0.600. The molecule has 5 atom stereocenters. The Kier molecular flexibility index (Phi) is 8.85. The van der Waals surface area contributed by atoms with Crippen molar-refractivity contribution < 1.29 is 33.4 Å². The number of amides is 2. The molecule has 10 heteroatoms. The van der Waals surface area contributed by atoms with Crippen molar-refractivity contribution in [2.24, 2.45) is 11.3 Å². The van der Waals surface area contributed by atoms with Gasteiger partial charge < -0.3 is 30.2 Å². The molecule has 0 spiro atoms. The van der Waals surface area contributed by atoms with Crippen LogP contribution in [0.25, 0.3) is 0 Å². The van der Waals surface area contributed by atoms with Crippen molar-refractivity contribution in [3.63, 3.8) is 0 Å². The minimum absolute atomic E-state index is 0.00853. The molecule has 3 N–H and O–H groups in total. The van der Waals surface area contributed by atoms with E-state index in [0.29, 0.717) is 19.6 Å². The first kappa shape index (κ1) is 26.6. The van der Waals surface area contributed by atoms with Gasteiger partial charge in [-0.15, -0.1) is 0 Å². The minimum atomic E-state index is -0.885. The third-order valence-corrected chi connectivity index (χ3v) is 6.11. The number of carbonyl (C=O) groups excluding carboxylic acids is 4. The highest BCUT2D eigenvalue weighted by molar-refractivity contribution is 5.97. The molecule has 0 saturated carbocycles. The van der Waals surface area contributed by atoms with Gasteiger partial charge in [0.2, 0.25) is 12.2 Å². The topological polar surface area (TPSA) is 132 Å².